The molecule has 3 rings (SSSR count). The van der Waals surface area contributed by atoms with Crippen molar-refractivity contribution in [2.24, 2.45) is 7.05 Å². The smallest absolute Gasteiger partial charge is 0.260 e. The fourth-order valence-corrected chi connectivity index (χ4v) is 3.06. The van der Waals surface area contributed by atoms with Crippen LogP contribution >= 0.6 is 0 Å². The van der Waals surface area contributed by atoms with Gasteiger partial charge in [-0.2, -0.15) is 0 Å². The van der Waals surface area contributed by atoms with Gasteiger partial charge in [-0.3, -0.25) is 4.79 Å². The van der Waals surface area contributed by atoms with E-state index in [0.717, 1.165) is 41.8 Å². The molecule has 1 saturated heterocycles. The SMILES string of the molecule is Cc1cc(C)c2c(OCC(=O)N(C)[C@H]3CCNC3)nn(C)c2n1. The minimum absolute atomic E-state index is 0.00751. The summed E-state index contributed by atoms with van der Waals surface area (Å²) in [4.78, 5) is 18.6. The van der Waals surface area contributed by atoms with E-state index in [2.05, 4.69) is 15.4 Å². The van der Waals surface area contributed by atoms with Gasteiger partial charge in [0.15, 0.2) is 12.3 Å². The second-order valence-corrected chi connectivity index (χ2v) is 6.15. The zero-order valence-electron chi connectivity index (χ0n) is 14.1. The average Bonchev–Trinajstić information content (AvgIpc) is 3.13. The monoisotopic (exact) mass is 317 g/mol. The number of carbonyl (C=O) groups excluding carboxylic acids is 1. The van der Waals surface area contributed by atoms with Crippen LogP contribution in [0.5, 0.6) is 5.88 Å². The van der Waals surface area contributed by atoms with E-state index in [1.54, 1.807) is 9.58 Å². The normalized spacial score (nSPS) is 17.7. The molecule has 0 aliphatic carbocycles. The van der Waals surface area contributed by atoms with Crippen LogP contribution in [0.1, 0.15) is 17.7 Å². The number of hydrogen-bond donors (Lipinski definition) is 1. The lowest BCUT2D eigenvalue weighted by Crippen LogP contribution is -2.40. The Balaban J connectivity index is 1.75. The molecule has 1 atom stereocenters. The van der Waals surface area contributed by atoms with Crippen LogP contribution in [0.15, 0.2) is 6.07 Å². The van der Waals surface area contributed by atoms with E-state index in [1.165, 1.54) is 0 Å². The van der Waals surface area contributed by atoms with Crippen LogP contribution in [0.25, 0.3) is 11.0 Å². The average molecular weight is 317 g/mol. The van der Waals surface area contributed by atoms with Gasteiger partial charge in [0.25, 0.3) is 5.91 Å². The van der Waals surface area contributed by atoms with Crippen LogP contribution < -0.4 is 10.1 Å². The first kappa shape index (κ1) is 15.7. The predicted molar refractivity (Wildman–Crippen MR) is 87.5 cm³/mol. The van der Waals surface area contributed by atoms with Crippen molar-refractivity contribution in [3.8, 4) is 5.88 Å². The molecule has 1 aliphatic heterocycles. The van der Waals surface area contributed by atoms with Crippen molar-refractivity contribution in [2.45, 2.75) is 26.3 Å². The third-order valence-corrected chi connectivity index (χ3v) is 4.39. The third-order valence-electron chi connectivity index (χ3n) is 4.39. The molecule has 2 aromatic rings. The zero-order valence-corrected chi connectivity index (χ0v) is 14.1. The van der Waals surface area contributed by atoms with Crippen molar-refractivity contribution in [3.63, 3.8) is 0 Å². The van der Waals surface area contributed by atoms with Crippen molar-refractivity contribution in [1.82, 2.24) is 25.0 Å². The summed E-state index contributed by atoms with van der Waals surface area (Å²) in [6, 6.07) is 2.24. The molecule has 0 spiro atoms. The molecular weight excluding hydrogens is 294 g/mol. The zero-order chi connectivity index (χ0) is 16.6. The first-order valence-corrected chi connectivity index (χ1v) is 7.87. The molecule has 3 heterocycles. The van der Waals surface area contributed by atoms with Crippen molar-refractivity contribution in [3.05, 3.63) is 17.3 Å². The summed E-state index contributed by atoms with van der Waals surface area (Å²) in [5.74, 6) is 0.439. The molecule has 1 amide bonds. The number of nitrogens with one attached hydrogen (secondary N) is 1. The summed E-state index contributed by atoms with van der Waals surface area (Å²) in [6.07, 6.45) is 0.983. The molecule has 1 aliphatic rings. The van der Waals surface area contributed by atoms with Crippen molar-refractivity contribution in [1.29, 1.82) is 0 Å². The summed E-state index contributed by atoms with van der Waals surface area (Å²) >= 11 is 0. The number of likely N-dealkylation sites (N-methyl/N-ethyl adjacent to an activating group) is 1. The second kappa shape index (κ2) is 6.16. The van der Waals surface area contributed by atoms with Crippen LogP contribution in [-0.2, 0) is 11.8 Å². The molecule has 0 bridgehead atoms. The number of pyridine rings is 1. The molecule has 124 valence electrons. The van der Waals surface area contributed by atoms with E-state index in [9.17, 15) is 4.79 Å². The van der Waals surface area contributed by atoms with Gasteiger partial charge in [0.2, 0.25) is 5.88 Å². The number of carbonyl (C=O) groups is 1. The van der Waals surface area contributed by atoms with Crippen LogP contribution in [0.4, 0.5) is 0 Å². The Morgan fingerprint density at radius 3 is 3.00 bits per heavy atom. The van der Waals surface area contributed by atoms with Gasteiger partial charge >= 0.3 is 0 Å². The van der Waals surface area contributed by atoms with Gasteiger partial charge in [-0.15, -0.1) is 5.10 Å². The molecule has 0 aromatic carbocycles. The van der Waals surface area contributed by atoms with Crippen molar-refractivity contribution >= 4 is 16.9 Å². The molecule has 1 fully saturated rings. The Bertz CT molecular complexity index is 734. The lowest BCUT2D eigenvalue weighted by atomic mass is 10.2. The Labute approximate surface area is 135 Å². The minimum Gasteiger partial charge on any atom is -0.466 e. The molecule has 7 heteroatoms. The maximum absolute atomic E-state index is 12.3. The Morgan fingerprint density at radius 2 is 2.30 bits per heavy atom. The highest BCUT2D eigenvalue weighted by Gasteiger charge is 2.24. The highest BCUT2D eigenvalue weighted by Crippen LogP contribution is 2.27. The lowest BCUT2D eigenvalue weighted by Gasteiger charge is -2.23. The summed E-state index contributed by atoms with van der Waals surface area (Å²) in [6.45, 7) is 5.75. The Morgan fingerprint density at radius 1 is 1.52 bits per heavy atom. The lowest BCUT2D eigenvalue weighted by molar-refractivity contribution is -0.133. The maximum atomic E-state index is 12.3. The fourth-order valence-electron chi connectivity index (χ4n) is 3.06. The van der Waals surface area contributed by atoms with E-state index in [4.69, 9.17) is 4.74 Å². The highest BCUT2D eigenvalue weighted by atomic mass is 16.5. The summed E-state index contributed by atoms with van der Waals surface area (Å²) in [5.41, 5.74) is 2.77. The van der Waals surface area contributed by atoms with Crippen molar-refractivity contribution < 1.29 is 9.53 Å². The number of hydrogen-bond acceptors (Lipinski definition) is 5. The van der Waals surface area contributed by atoms with Crippen LogP contribution in [0.2, 0.25) is 0 Å². The van der Waals surface area contributed by atoms with Gasteiger partial charge < -0.3 is 15.0 Å². The molecule has 1 N–H and O–H groups in total. The number of fused-ring (bicyclic) bond motifs is 1. The van der Waals surface area contributed by atoms with Gasteiger partial charge in [0.1, 0.15) is 0 Å². The summed E-state index contributed by atoms with van der Waals surface area (Å²) in [5, 5.41) is 8.50. The van der Waals surface area contributed by atoms with Gasteiger partial charge in [0, 0.05) is 32.4 Å². The fraction of sp³-hybridized carbons (Fsp3) is 0.562. The Hall–Kier alpha value is -2.15. The Kier molecular flexibility index (Phi) is 4.21. The molecule has 0 unspecified atom stereocenters. The first-order chi connectivity index (χ1) is 11.0. The molecule has 0 saturated carbocycles. The molecule has 7 nitrogen and oxygen atoms in total. The van der Waals surface area contributed by atoms with Gasteiger partial charge in [-0.25, -0.2) is 9.67 Å². The molecule has 0 radical (unpaired) electrons. The van der Waals surface area contributed by atoms with Crippen LogP contribution in [0.3, 0.4) is 0 Å². The molecule has 2 aromatic heterocycles. The van der Waals surface area contributed by atoms with Gasteiger partial charge in [-0.1, -0.05) is 0 Å². The van der Waals surface area contributed by atoms with E-state index in [1.807, 2.05) is 34.0 Å². The summed E-state index contributed by atoms with van der Waals surface area (Å²) < 4.78 is 7.41. The largest absolute Gasteiger partial charge is 0.466 e. The topological polar surface area (TPSA) is 72.3 Å². The standard InChI is InChI=1S/C16H23N5O2/c1-10-7-11(2)18-15-14(10)16(19-21(15)4)23-9-13(22)20(3)12-5-6-17-8-12/h7,12,17H,5-6,8-9H2,1-4H3/t12-/m0/s1. The van der Waals surface area contributed by atoms with Gasteiger partial charge in [-0.05, 0) is 38.4 Å². The van der Waals surface area contributed by atoms with E-state index < -0.39 is 0 Å². The van der Waals surface area contributed by atoms with E-state index in [-0.39, 0.29) is 18.6 Å². The molecule has 23 heavy (non-hydrogen) atoms. The maximum Gasteiger partial charge on any atom is 0.260 e. The quantitative estimate of drug-likeness (QED) is 0.902. The molecular formula is C16H23N5O2. The minimum atomic E-state index is -0.0322. The van der Waals surface area contributed by atoms with Crippen LogP contribution in [0, 0.1) is 13.8 Å². The summed E-state index contributed by atoms with van der Waals surface area (Å²) in [7, 11) is 3.66. The van der Waals surface area contributed by atoms with Crippen molar-refractivity contribution in [2.75, 3.05) is 26.7 Å². The number of nitrogens with zero attached hydrogens (tertiary/aromatic N) is 4. The predicted octanol–water partition coefficient (Wildman–Crippen LogP) is 0.784. The van der Waals surface area contributed by atoms with E-state index in [0.29, 0.717) is 5.88 Å². The first-order valence-electron chi connectivity index (χ1n) is 7.87. The van der Waals surface area contributed by atoms with Gasteiger partial charge in [0.05, 0.1) is 5.39 Å². The second-order valence-electron chi connectivity index (χ2n) is 6.15. The van der Waals surface area contributed by atoms with E-state index >= 15 is 0 Å². The number of amides is 1. The third kappa shape index (κ3) is 3.01. The number of ether oxygens (including phenoxy) is 1. The highest BCUT2D eigenvalue weighted by molar-refractivity contribution is 5.85. The number of aromatic nitrogens is 3. The van der Waals surface area contributed by atoms with Crippen LogP contribution in [-0.4, -0.2) is 58.4 Å². The number of rotatable bonds is 4. The number of aryl methyl sites for hydroxylation is 3.